The Hall–Kier alpha value is -1.18. The molecule has 36 heavy (non-hydrogen) atoms. The molecule has 0 aromatic heterocycles. The lowest BCUT2D eigenvalue weighted by Gasteiger charge is -2.21. The van der Waals surface area contributed by atoms with Gasteiger partial charge in [0.1, 0.15) is 0 Å². The molecule has 212 valence electrons. The zero-order chi connectivity index (χ0) is 26.9. The average Bonchev–Trinajstić information content (AvgIpc) is 2.82. The van der Waals surface area contributed by atoms with E-state index in [0.29, 0.717) is 12.8 Å². The summed E-state index contributed by atoms with van der Waals surface area (Å²) in [5, 5.41) is 13.0. The van der Waals surface area contributed by atoms with Crippen molar-refractivity contribution >= 4 is 16.0 Å². The molecule has 0 rings (SSSR count). The predicted molar refractivity (Wildman–Crippen MR) is 152 cm³/mol. The molecular formula is C29H55NO5S. The highest BCUT2D eigenvalue weighted by Gasteiger charge is 2.24. The maximum absolute atomic E-state index is 12.3. The van der Waals surface area contributed by atoms with Crippen molar-refractivity contribution < 1.29 is 22.9 Å². The number of aliphatic hydroxyl groups excluding tert-OH is 1. The van der Waals surface area contributed by atoms with E-state index in [1.807, 2.05) is 0 Å². The summed E-state index contributed by atoms with van der Waals surface area (Å²) in [5.74, 6) is -1.00. The molecule has 0 bridgehead atoms. The SMILES string of the molecule is CCCCCC/C=C/CC/C=C/C(O)C(CS(=O)(=O)O)NC(=O)CCCCCCCCCCCCC. The molecule has 3 N–H and O–H groups in total. The van der Waals surface area contributed by atoms with Crippen LogP contribution in [-0.2, 0) is 14.9 Å². The lowest BCUT2D eigenvalue weighted by atomic mass is 10.0. The number of unbranched alkanes of at least 4 members (excludes halogenated alkanes) is 15. The highest BCUT2D eigenvalue weighted by Crippen LogP contribution is 2.12. The van der Waals surface area contributed by atoms with Gasteiger partial charge < -0.3 is 10.4 Å². The van der Waals surface area contributed by atoms with Crippen LogP contribution in [0.15, 0.2) is 24.3 Å². The monoisotopic (exact) mass is 529 g/mol. The molecule has 2 unspecified atom stereocenters. The van der Waals surface area contributed by atoms with Crippen LogP contribution < -0.4 is 5.32 Å². The quantitative estimate of drug-likeness (QED) is 0.0654. The van der Waals surface area contributed by atoms with E-state index in [9.17, 15) is 22.9 Å². The summed E-state index contributed by atoms with van der Waals surface area (Å²) in [5.41, 5.74) is 0. The Morgan fingerprint density at radius 1 is 0.722 bits per heavy atom. The van der Waals surface area contributed by atoms with Crippen LogP contribution in [0.1, 0.15) is 136 Å². The van der Waals surface area contributed by atoms with Gasteiger partial charge in [0.2, 0.25) is 5.91 Å². The van der Waals surface area contributed by atoms with E-state index in [2.05, 4.69) is 31.3 Å². The minimum atomic E-state index is -4.33. The van der Waals surface area contributed by atoms with Crippen molar-refractivity contribution in [2.75, 3.05) is 5.75 Å². The molecule has 0 heterocycles. The minimum Gasteiger partial charge on any atom is -0.387 e. The van der Waals surface area contributed by atoms with Crippen LogP contribution in [0.3, 0.4) is 0 Å². The largest absolute Gasteiger partial charge is 0.387 e. The number of aliphatic hydroxyl groups is 1. The normalized spacial score (nSPS) is 14.0. The minimum absolute atomic E-state index is 0.290. The molecule has 0 saturated carbocycles. The first-order valence-corrected chi connectivity index (χ1v) is 16.1. The molecule has 0 radical (unpaired) electrons. The summed E-state index contributed by atoms with van der Waals surface area (Å²) in [7, 11) is -4.33. The Bertz CT molecular complexity index is 675. The molecule has 0 aliphatic rings. The van der Waals surface area contributed by atoms with Crippen molar-refractivity contribution in [2.24, 2.45) is 0 Å². The summed E-state index contributed by atoms with van der Waals surface area (Å²) < 4.78 is 32.0. The number of allylic oxidation sites excluding steroid dienone is 3. The molecule has 0 saturated heterocycles. The van der Waals surface area contributed by atoms with Crippen molar-refractivity contribution in [2.45, 2.75) is 148 Å². The van der Waals surface area contributed by atoms with Crippen molar-refractivity contribution in [3.63, 3.8) is 0 Å². The first kappa shape index (κ1) is 34.8. The standard InChI is InChI=1S/C29H55NO5S/c1-3-5-7-9-11-13-15-17-19-21-23-25-29(32)30-27(26-36(33,34)35)28(31)24-22-20-18-16-14-12-10-8-6-4-2/h14,16,22,24,27-28,31H,3-13,15,17-21,23,25-26H2,1-2H3,(H,30,32)(H,33,34,35)/b16-14+,24-22+. The Morgan fingerprint density at radius 3 is 1.75 bits per heavy atom. The molecule has 6 nitrogen and oxygen atoms in total. The molecule has 0 aromatic rings. The third kappa shape index (κ3) is 24.5. The van der Waals surface area contributed by atoms with Crippen molar-refractivity contribution in [1.82, 2.24) is 5.32 Å². The third-order valence-corrected chi connectivity index (χ3v) is 7.16. The van der Waals surface area contributed by atoms with Gasteiger partial charge in [-0.05, 0) is 32.1 Å². The van der Waals surface area contributed by atoms with Gasteiger partial charge in [-0.15, -0.1) is 0 Å². The van der Waals surface area contributed by atoms with Gasteiger partial charge in [0.25, 0.3) is 10.1 Å². The van der Waals surface area contributed by atoms with E-state index in [1.54, 1.807) is 6.08 Å². The van der Waals surface area contributed by atoms with Crippen LogP contribution in [0.25, 0.3) is 0 Å². The topological polar surface area (TPSA) is 104 Å². The average molecular weight is 530 g/mol. The van der Waals surface area contributed by atoms with E-state index >= 15 is 0 Å². The fourth-order valence-electron chi connectivity index (χ4n) is 4.17. The van der Waals surface area contributed by atoms with E-state index in [4.69, 9.17) is 0 Å². The van der Waals surface area contributed by atoms with Crippen LogP contribution in [-0.4, -0.2) is 41.9 Å². The van der Waals surface area contributed by atoms with Gasteiger partial charge in [-0.25, -0.2) is 0 Å². The number of nitrogens with one attached hydrogen (secondary N) is 1. The zero-order valence-corrected chi connectivity index (χ0v) is 24.0. The van der Waals surface area contributed by atoms with Gasteiger partial charge in [-0.1, -0.05) is 122 Å². The summed E-state index contributed by atoms with van der Waals surface area (Å²) in [6.07, 6.45) is 27.4. The summed E-state index contributed by atoms with van der Waals surface area (Å²) in [6.45, 7) is 4.42. The van der Waals surface area contributed by atoms with Gasteiger partial charge in [-0.2, -0.15) is 8.42 Å². The summed E-state index contributed by atoms with van der Waals surface area (Å²) >= 11 is 0. The van der Waals surface area contributed by atoms with E-state index in [1.165, 1.54) is 83.1 Å². The van der Waals surface area contributed by atoms with E-state index < -0.39 is 28.0 Å². The fraction of sp³-hybridized carbons (Fsp3) is 0.828. The smallest absolute Gasteiger partial charge is 0.267 e. The van der Waals surface area contributed by atoms with Crippen LogP contribution in [0.4, 0.5) is 0 Å². The number of hydrogen-bond donors (Lipinski definition) is 3. The first-order chi connectivity index (χ1) is 17.3. The van der Waals surface area contributed by atoms with Gasteiger partial charge in [-0.3, -0.25) is 9.35 Å². The van der Waals surface area contributed by atoms with E-state index in [0.717, 1.165) is 32.1 Å². The second kappa shape index (κ2) is 24.2. The zero-order valence-electron chi connectivity index (χ0n) is 23.1. The molecule has 0 aromatic carbocycles. The molecule has 0 spiro atoms. The summed E-state index contributed by atoms with van der Waals surface area (Å²) in [4.78, 5) is 12.3. The number of amides is 1. The molecule has 0 aliphatic heterocycles. The Kier molecular flexibility index (Phi) is 23.4. The third-order valence-electron chi connectivity index (χ3n) is 6.38. The fourth-order valence-corrected chi connectivity index (χ4v) is 4.90. The number of carbonyl (C=O) groups is 1. The number of carbonyl (C=O) groups excluding carboxylic acids is 1. The Balaban J connectivity index is 4.18. The van der Waals surface area contributed by atoms with Gasteiger partial charge in [0, 0.05) is 6.42 Å². The number of rotatable bonds is 25. The van der Waals surface area contributed by atoms with Crippen molar-refractivity contribution in [3.05, 3.63) is 24.3 Å². The van der Waals surface area contributed by atoms with Crippen LogP contribution in [0, 0.1) is 0 Å². The Morgan fingerprint density at radius 2 is 1.19 bits per heavy atom. The number of hydrogen-bond acceptors (Lipinski definition) is 4. The highest BCUT2D eigenvalue weighted by atomic mass is 32.2. The second-order valence-electron chi connectivity index (χ2n) is 10.0. The van der Waals surface area contributed by atoms with Crippen LogP contribution in [0.5, 0.6) is 0 Å². The maximum atomic E-state index is 12.3. The van der Waals surface area contributed by atoms with Gasteiger partial charge in [0.15, 0.2) is 0 Å². The molecular weight excluding hydrogens is 474 g/mol. The van der Waals surface area contributed by atoms with Gasteiger partial charge >= 0.3 is 0 Å². The molecule has 1 amide bonds. The Labute approximate surface area is 222 Å². The van der Waals surface area contributed by atoms with E-state index in [-0.39, 0.29) is 5.91 Å². The first-order valence-electron chi connectivity index (χ1n) is 14.5. The molecule has 2 atom stereocenters. The van der Waals surface area contributed by atoms with Crippen LogP contribution in [0.2, 0.25) is 0 Å². The van der Waals surface area contributed by atoms with Crippen molar-refractivity contribution in [1.29, 1.82) is 0 Å². The van der Waals surface area contributed by atoms with Crippen LogP contribution >= 0.6 is 0 Å². The lowest BCUT2D eigenvalue weighted by molar-refractivity contribution is -0.122. The molecule has 0 aliphatic carbocycles. The van der Waals surface area contributed by atoms with Crippen molar-refractivity contribution in [3.8, 4) is 0 Å². The second-order valence-corrected chi connectivity index (χ2v) is 11.5. The summed E-state index contributed by atoms with van der Waals surface area (Å²) in [6, 6.07) is -1.06. The lowest BCUT2D eigenvalue weighted by Crippen LogP contribution is -2.46. The predicted octanol–water partition coefficient (Wildman–Crippen LogP) is 7.28. The highest BCUT2D eigenvalue weighted by molar-refractivity contribution is 7.85. The molecule has 7 heteroatoms. The molecule has 0 fully saturated rings. The maximum Gasteiger partial charge on any atom is 0.267 e. The van der Waals surface area contributed by atoms with Gasteiger partial charge in [0.05, 0.1) is 17.9 Å².